The molecule has 1 aliphatic rings. The smallest absolute Gasteiger partial charge is 0.255 e. The number of pyridine rings is 1. The molecule has 1 aromatic heterocycles. The molecule has 1 unspecified atom stereocenters. The minimum absolute atomic E-state index is 0.0287. The van der Waals surface area contributed by atoms with E-state index in [2.05, 4.69) is 29.5 Å². The van der Waals surface area contributed by atoms with Crippen LogP contribution in [0, 0.1) is 18.7 Å². The zero-order valence-electron chi connectivity index (χ0n) is 22.5. The van der Waals surface area contributed by atoms with E-state index < -0.39 is 22.4 Å². The van der Waals surface area contributed by atoms with Gasteiger partial charge in [-0.1, -0.05) is 36.7 Å². The molecule has 1 amide bonds. The molecular weight excluding hydrogens is 537 g/mol. The summed E-state index contributed by atoms with van der Waals surface area (Å²) in [7, 11) is -1.48. The summed E-state index contributed by atoms with van der Waals surface area (Å²) in [5, 5.41) is 0.268. The maximum Gasteiger partial charge on any atom is 0.255 e. The van der Waals surface area contributed by atoms with Crippen molar-refractivity contribution in [2.24, 2.45) is 0 Å². The average molecular weight is 570 g/mol. The number of hydrogen-bond acceptors (Lipinski definition) is 4. The molecule has 0 saturated carbocycles. The molecule has 0 bridgehead atoms. The van der Waals surface area contributed by atoms with Crippen LogP contribution in [0.3, 0.4) is 0 Å². The SMILES string of the molecule is C#C.CCc1ccc(S(=O)N[C@H]2CC(C)(C)Oc3ncc(C(=O)N(CC)Cc4c(F)cccc4Cl)cc32)cc1. The summed E-state index contributed by atoms with van der Waals surface area (Å²) in [5.41, 5.74) is 1.88. The van der Waals surface area contributed by atoms with Crippen LogP contribution >= 0.6 is 11.6 Å². The van der Waals surface area contributed by atoms with Crippen LogP contribution in [0.5, 0.6) is 5.88 Å². The monoisotopic (exact) mass is 569 g/mol. The summed E-state index contributed by atoms with van der Waals surface area (Å²) in [4.78, 5) is 20.0. The number of rotatable bonds is 8. The number of aryl methyl sites for hydroxylation is 1. The van der Waals surface area contributed by atoms with Gasteiger partial charge in [0, 0.05) is 35.3 Å². The topological polar surface area (TPSA) is 71.5 Å². The number of nitrogens with one attached hydrogen (secondary N) is 1. The van der Waals surface area contributed by atoms with E-state index in [4.69, 9.17) is 16.3 Å². The maximum absolute atomic E-state index is 14.4. The molecule has 2 heterocycles. The Kier molecular flexibility index (Phi) is 10.3. The van der Waals surface area contributed by atoms with Gasteiger partial charge >= 0.3 is 0 Å². The van der Waals surface area contributed by atoms with Gasteiger partial charge in [0.15, 0.2) is 0 Å². The molecule has 1 aliphatic heterocycles. The number of carbonyl (C=O) groups excluding carboxylic acids is 1. The van der Waals surface area contributed by atoms with Gasteiger partial charge in [-0.15, -0.1) is 12.8 Å². The Morgan fingerprint density at radius 2 is 1.92 bits per heavy atom. The number of amides is 1. The maximum atomic E-state index is 14.4. The lowest BCUT2D eigenvalue weighted by molar-refractivity contribution is 0.0639. The van der Waals surface area contributed by atoms with Crippen LogP contribution in [0.15, 0.2) is 59.6 Å². The number of fused-ring (bicyclic) bond motifs is 1. The third-order valence-electron chi connectivity index (χ3n) is 6.44. The molecule has 6 nitrogen and oxygen atoms in total. The number of nitrogens with zero attached hydrogens (tertiary/aromatic N) is 2. The van der Waals surface area contributed by atoms with Gasteiger partial charge in [-0.05, 0) is 63.1 Å². The van der Waals surface area contributed by atoms with Crippen molar-refractivity contribution in [3.8, 4) is 18.7 Å². The molecule has 3 aromatic rings. The molecule has 2 aromatic carbocycles. The Balaban J connectivity index is 0.00000205. The number of benzene rings is 2. The van der Waals surface area contributed by atoms with E-state index in [9.17, 15) is 13.4 Å². The Labute approximate surface area is 237 Å². The Morgan fingerprint density at radius 1 is 1.23 bits per heavy atom. The van der Waals surface area contributed by atoms with Crippen LogP contribution in [0.2, 0.25) is 5.02 Å². The highest BCUT2D eigenvalue weighted by molar-refractivity contribution is 7.83. The predicted molar refractivity (Wildman–Crippen MR) is 153 cm³/mol. The molecular formula is C30H33ClFN3O3S. The predicted octanol–water partition coefficient (Wildman–Crippen LogP) is 6.26. The van der Waals surface area contributed by atoms with Gasteiger partial charge in [0.25, 0.3) is 5.91 Å². The van der Waals surface area contributed by atoms with Crippen LogP contribution in [-0.4, -0.2) is 32.1 Å². The zero-order chi connectivity index (χ0) is 28.7. The molecule has 0 aliphatic carbocycles. The number of terminal acetylenes is 1. The second-order valence-electron chi connectivity index (χ2n) is 9.64. The van der Waals surface area contributed by atoms with E-state index in [-0.39, 0.29) is 29.1 Å². The summed E-state index contributed by atoms with van der Waals surface area (Å²) in [6.07, 6.45) is 10.9. The number of aromatic nitrogens is 1. The molecule has 0 fully saturated rings. The Morgan fingerprint density at radius 3 is 2.54 bits per heavy atom. The highest BCUT2D eigenvalue weighted by Gasteiger charge is 2.36. The van der Waals surface area contributed by atoms with Crippen molar-refractivity contribution in [3.63, 3.8) is 0 Å². The van der Waals surface area contributed by atoms with Gasteiger partial charge in [-0.3, -0.25) is 4.79 Å². The van der Waals surface area contributed by atoms with Gasteiger partial charge in [-0.25, -0.2) is 18.3 Å². The van der Waals surface area contributed by atoms with Crippen LogP contribution in [0.25, 0.3) is 0 Å². The van der Waals surface area contributed by atoms with E-state index in [0.29, 0.717) is 34.9 Å². The standard InChI is InChI=1S/C28H31ClFN3O3S.C2H2/c1-5-18-10-12-20(13-11-18)37(35)32-25-15-28(3,4)36-26-21(25)14-19(16-31-26)27(34)33(6-2)17-22-23(29)8-7-9-24(22)30;1-2/h7-14,16,25,32H,5-6,15,17H2,1-4H3;1-2H/t25-,37?;/m0./s1. The third kappa shape index (κ3) is 7.24. The molecule has 0 saturated heterocycles. The summed E-state index contributed by atoms with van der Waals surface area (Å²) in [5.74, 6) is -0.377. The Bertz CT molecular complexity index is 1340. The molecule has 0 radical (unpaired) electrons. The van der Waals surface area contributed by atoms with E-state index in [0.717, 1.165) is 6.42 Å². The fourth-order valence-electron chi connectivity index (χ4n) is 4.36. The Hall–Kier alpha value is -3.25. The van der Waals surface area contributed by atoms with Crippen molar-refractivity contribution in [3.05, 3.63) is 87.8 Å². The van der Waals surface area contributed by atoms with Crippen molar-refractivity contribution in [2.75, 3.05) is 6.54 Å². The number of hydrogen-bond donors (Lipinski definition) is 1. The van der Waals surface area contributed by atoms with Crippen molar-refractivity contribution in [2.45, 2.75) is 63.6 Å². The van der Waals surface area contributed by atoms with Gasteiger partial charge in [-0.2, -0.15) is 0 Å². The number of carbonyl (C=O) groups is 1. The highest BCUT2D eigenvalue weighted by Crippen LogP contribution is 2.39. The highest BCUT2D eigenvalue weighted by atomic mass is 35.5. The summed E-state index contributed by atoms with van der Waals surface area (Å²) in [6.45, 7) is 8.16. The normalized spacial score (nSPS) is 16.2. The minimum atomic E-state index is -1.48. The first-order valence-electron chi connectivity index (χ1n) is 12.6. The third-order valence-corrected chi connectivity index (χ3v) is 8.00. The van der Waals surface area contributed by atoms with E-state index in [1.165, 1.54) is 28.8 Å². The quantitative estimate of drug-likeness (QED) is 0.325. The van der Waals surface area contributed by atoms with Gasteiger partial charge in [0.05, 0.1) is 23.0 Å². The van der Waals surface area contributed by atoms with Crippen LogP contribution in [0.4, 0.5) is 4.39 Å². The van der Waals surface area contributed by atoms with Crippen molar-refractivity contribution in [1.82, 2.24) is 14.6 Å². The number of ether oxygens (including phenoxy) is 1. The van der Waals surface area contributed by atoms with Gasteiger partial charge in [0.1, 0.15) is 22.4 Å². The summed E-state index contributed by atoms with van der Waals surface area (Å²) in [6, 6.07) is 13.5. The van der Waals surface area contributed by atoms with Crippen molar-refractivity contribution >= 4 is 28.5 Å². The number of halogens is 2. The molecule has 2 atom stereocenters. The largest absolute Gasteiger partial charge is 0.471 e. The van der Waals surface area contributed by atoms with Gasteiger partial charge in [0.2, 0.25) is 5.88 Å². The molecule has 39 heavy (non-hydrogen) atoms. The summed E-state index contributed by atoms with van der Waals surface area (Å²) < 4.78 is 36.8. The minimum Gasteiger partial charge on any atom is -0.471 e. The summed E-state index contributed by atoms with van der Waals surface area (Å²) >= 11 is 6.19. The fraction of sp³-hybridized carbons (Fsp3) is 0.333. The molecule has 206 valence electrons. The molecule has 4 rings (SSSR count). The molecule has 9 heteroatoms. The van der Waals surface area contributed by atoms with Crippen LogP contribution in [0.1, 0.15) is 67.2 Å². The van der Waals surface area contributed by atoms with E-state index in [1.807, 2.05) is 45.0 Å². The van der Waals surface area contributed by atoms with Crippen molar-refractivity contribution in [1.29, 1.82) is 0 Å². The van der Waals surface area contributed by atoms with Crippen molar-refractivity contribution < 1.29 is 18.1 Å². The first kappa shape index (κ1) is 30.3. The lowest BCUT2D eigenvalue weighted by Gasteiger charge is -2.37. The lowest BCUT2D eigenvalue weighted by Crippen LogP contribution is -2.40. The first-order chi connectivity index (χ1) is 18.6. The molecule has 0 spiro atoms. The zero-order valence-corrected chi connectivity index (χ0v) is 24.1. The fourth-order valence-corrected chi connectivity index (χ4v) is 5.57. The second-order valence-corrected chi connectivity index (χ2v) is 11.3. The van der Waals surface area contributed by atoms with E-state index >= 15 is 0 Å². The van der Waals surface area contributed by atoms with Crippen LogP contribution < -0.4 is 9.46 Å². The molecule has 1 N–H and O–H groups in total. The average Bonchev–Trinajstić information content (AvgIpc) is 2.93. The second kappa shape index (κ2) is 13.2. The first-order valence-corrected chi connectivity index (χ1v) is 14.2. The van der Waals surface area contributed by atoms with E-state index in [1.54, 1.807) is 12.1 Å². The van der Waals surface area contributed by atoms with Gasteiger partial charge < -0.3 is 9.64 Å². The van der Waals surface area contributed by atoms with Crippen LogP contribution in [-0.2, 0) is 24.0 Å². The lowest BCUT2D eigenvalue weighted by atomic mass is 9.91.